The van der Waals surface area contributed by atoms with Gasteiger partial charge in [0.15, 0.2) is 5.84 Å². The van der Waals surface area contributed by atoms with Gasteiger partial charge in [-0.15, -0.1) is 0 Å². The quantitative estimate of drug-likeness (QED) is 0.521. The maximum Gasteiger partial charge on any atom is 0.428 e. The molecule has 1 aromatic carbocycles. The molecule has 2 aliphatic heterocycles. The van der Waals surface area contributed by atoms with Gasteiger partial charge in [-0.05, 0) is 67.6 Å². The minimum absolute atomic E-state index is 0.000363. The van der Waals surface area contributed by atoms with E-state index in [1.165, 1.54) is 0 Å². The van der Waals surface area contributed by atoms with Crippen LogP contribution in [0.5, 0.6) is 0 Å². The van der Waals surface area contributed by atoms with Crippen molar-refractivity contribution < 1.29 is 12.7 Å². The standard InChI is InChI=1S/C25H29N7O4S/c1-16-14-22(33)32(20-4-2-3-5-20)24-21(16)15-26-25(28-24)27-18-6-8-19(9-7-18)31-12-10-17(11-13-31)23-29-36-37(34,35)30-23/h6-9,14-15,17,20H,2-5,10-13H2,1H3,(H,29,30)(H,26,27,28). The van der Waals surface area contributed by atoms with Gasteiger partial charge in [0, 0.05) is 54.1 Å². The molecular weight excluding hydrogens is 494 g/mol. The van der Waals surface area contributed by atoms with E-state index in [2.05, 4.69) is 29.4 Å². The molecule has 3 aliphatic rings. The molecule has 0 radical (unpaired) electrons. The fourth-order valence-corrected chi connectivity index (χ4v) is 6.23. The van der Waals surface area contributed by atoms with Crippen molar-refractivity contribution in [3.63, 3.8) is 0 Å². The SMILES string of the molecule is Cc1cc(=O)n(C2CCCC2)c2nc(Nc3ccc(N4CCC(C5=NOS(=O)(=O)N5)CC4)cc3)ncc12. The van der Waals surface area contributed by atoms with Gasteiger partial charge >= 0.3 is 10.3 Å². The zero-order valence-corrected chi connectivity index (χ0v) is 21.4. The molecule has 37 heavy (non-hydrogen) atoms. The highest BCUT2D eigenvalue weighted by molar-refractivity contribution is 7.85. The molecule has 0 atom stereocenters. The molecular formula is C25H29N7O4S. The molecule has 0 amide bonds. The van der Waals surface area contributed by atoms with Crippen LogP contribution in [-0.2, 0) is 14.6 Å². The number of hydrogen-bond donors (Lipinski definition) is 2. The van der Waals surface area contributed by atoms with Crippen LogP contribution in [0.4, 0.5) is 17.3 Å². The molecule has 2 N–H and O–H groups in total. The molecule has 2 fully saturated rings. The average Bonchev–Trinajstić information content (AvgIpc) is 3.54. The Balaban J connectivity index is 1.16. The van der Waals surface area contributed by atoms with Gasteiger partial charge in [0.1, 0.15) is 5.65 Å². The Labute approximate surface area is 214 Å². The second-order valence-corrected chi connectivity index (χ2v) is 11.2. The maximum absolute atomic E-state index is 12.9. The molecule has 3 aromatic rings. The van der Waals surface area contributed by atoms with Crippen molar-refractivity contribution >= 4 is 44.5 Å². The van der Waals surface area contributed by atoms with Crippen LogP contribution in [0.25, 0.3) is 11.0 Å². The van der Waals surface area contributed by atoms with Crippen LogP contribution in [0.3, 0.4) is 0 Å². The van der Waals surface area contributed by atoms with Gasteiger partial charge in [-0.25, -0.2) is 9.71 Å². The number of amidine groups is 1. The number of aromatic nitrogens is 3. The number of piperidine rings is 1. The molecule has 12 heteroatoms. The lowest BCUT2D eigenvalue weighted by Gasteiger charge is -2.33. The first kappa shape index (κ1) is 23.7. The normalized spacial score (nSPS) is 20.0. The molecule has 0 spiro atoms. The predicted octanol–water partition coefficient (Wildman–Crippen LogP) is 3.35. The topological polar surface area (TPSA) is 131 Å². The number of oxime groups is 1. The van der Waals surface area contributed by atoms with Crippen molar-refractivity contribution in [2.45, 2.75) is 51.5 Å². The number of benzene rings is 1. The monoisotopic (exact) mass is 523 g/mol. The van der Waals surface area contributed by atoms with Crippen molar-refractivity contribution in [3.05, 3.63) is 52.4 Å². The zero-order chi connectivity index (χ0) is 25.6. The summed E-state index contributed by atoms with van der Waals surface area (Å²) in [5, 5.41) is 7.86. The molecule has 6 rings (SSSR count). The molecule has 4 heterocycles. The Bertz CT molecular complexity index is 1520. The summed E-state index contributed by atoms with van der Waals surface area (Å²) in [6.45, 7) is 3.49. The second-order valence-electron chi connectivity index (χ2n) is 9.95. The molecule has 1 saturated heterocycles. The summed E-state index contributed by atoms with van der Waals surface area (Å²) in [4.78, 5) is 24.4. The van der Waals surface area contributed by atoms with Gasteiger partial charge in [0.05, 0.1) is 0 Å². The Hall–Kier alpha value is -3.67. The zero-order valence-electron chi connectivity index (χ0n) is 20.6. The third-order valence-corrected chi connectivity index (χ3v) is 8.25. The number of fused-ring (bicyclic) bond motifs is 1. The Morgan fingerprint density at radius 1 is 1.08 bits per heavy atom. The molecule has 0 bridgehead atoms. The second kappa shape index (κ2) is 9.33. The van der Waals surface area contributed by atoms with Gasteiger partial charge < -0.3 is 10.2 Å². The van der Waals surface area contributed by atoms with E-state index in [4.69, 9.17) is 4.98 Å². The lowest BCUT2D eigenvalue weighted by atomic mass is 9.95. The van der Waals surface area contributed by atoms with Crippen molar-refractivity contribution in [3.8, 4) is 0 Å². The van der Waals surface area contributed by atoms with E-state index >= 15 is 0 Å². The van der Waals surface area contributed by atoms with E-state index in [1.54, 1.807) is 12.3 Å². The molecule has 194 valence electrons. The summed E-state index contributed by atoms with van der Waals surface area (Å²) in [7, 11) is -3.77. The van der Waals surface area contributed by atoms with Crippen LogP contribution in [0.1, 0.15) is 50.1 Å². The molecule has 1 aliphatic carbocycles. The van der Waals surface area contributed by atoms with Crippen LogP contribution >= 0.6 is 0 Å². The van der Waals surface area contributed by atoms with Gasteiger partial charge in [0.2, 0.25) is 5.95 Å². The highest BCUT2D eigenvalue weighted by Crippen LogP contribution is 2.31. The van der Waals surface area contributed by atoms with Crippen LogP contribution in [0.15, 0.2) is 46.5 Å². The van der Waals surface area contributed by atoms with Crippen LogP contribution in [-0.4, -0.2) is 41.9 Å². The van der Waals surface area contributed by atoms with Crippen LogP contribution in [0.2, 0.25) is 0 Å². The lowest BCUT2D eigenvalue weighted by molar-refractivity contribution is 0.347. The number of rotatable bonds is 5. The highest BCUT2D eigenvalue weighted by Gasteiger charge is 2.31. The predicted molar refractivity (Wildman–Crippen MR) is 141 cm³/mol. The summed E-state index contributed by atoms with van der Waals surface area (Å²) in [5.41, 5.74) is 3.51. The van der Waals surface area contributed by atoms with E-state index in [-0.39, 0.29) is 17.5 Å². The number of pyridine rings is 1. The van der Waals surface area contributed by atoms with E-state index in [0.717, 1.165) is 73.9 Å². The first-order valence-electron chi connectivity index (χ1n) is 12.7. The minimum Gasteiger partial charge on any atom is -0.371 e. The van der Waals surface area contributed by atoms with Gasteiger partial charge in [-0.3, -0.25) is 13.6 Å². The largest absolute Gasteiger partial charge is 0.428 e. The van der Waals surface area contributed by atoms with E-state index in [1.807, 2.05) is 35.8 Å². The van der Waals surface area contributed by atoms with Gasteiger partial charge in [0.25, 0.3) is 5.56 Å². The maximum atomic E-state index is 12.9. The number of nitrogens with one attached hydrogen (secondary N) is 2. The molecule has 0 unspecified atom stereocenters. The number of aryl methyl sites for hydroxylation is 1. The summed E-state index contributed by atoms with van der Waals surface area (Å²) >= 11 is 0. The summed E-state index contributed by atoms with van der Waals surface area (Å²) in [6, 6.07) is 9.93. The van der Waals surface area contributed by atoms with E-state index in [9.17, 15) is 13.2 Å². The van der Waals surface area contributed by atoms with E-state index < -0.39 is 10.3 Å². The summed E-state index contributed by atoms with van der Waals surface area (Å²) < 4.78 is 31.5. The van der Waals surface area contributed by atoms with Gasteiger partial charge in [-0.1, -0.05) is 12.8 Å². The van der Waals surface area contributed by atoms with E-state index in [0.29, 0.717) is 17.4 Å². The molecule has 1 saturated carbocycles. The fourth-order valence-electron chi connectivity index (χ4n) is 5.56. The van der Waals surface area contributed by atoms with Crippen molar-refractivity contribution in [1.82, 2.24) is 19.3 Å². The Kier molecular flexibility index (Phi) is 5.98. The number of nitrogens with zero attached hydrogens (tertiary/aromatic N) is 5. The smallest absolute Gasteiger partial charge is 0.371 e. The first-order chi connectivity index (χ1) is 17.9. The third kappa shape index (κ3) is 4.73. The first-order valence-corrected chi connectivity index (χ1v) is 14.1. The number of anilines is 3. The van der Waals surface area contributed by atoms with Crippen molar-refractivity contribution in [2.24, 2.45) is 11.1 Å². The third-order valence-electron chi connectivity index (χ3n) is 7.52. The lowest BCUT2D eigenvalue weighted by Crippen LogP contribution is -2.40. The van der Waals surface area contributed by atoms with Crippen LogP contribution in [0, 0.1) is 12.8 Å². The van der Waals surface area contributed by atoms with Crippen LogP contribution < -0.4 is 20.5 Å². The Morgan fingerprint density at radius 2 is 1.81 bits per heavy atom. The highest BCUT2D eigenvalue weighted by atomic mass is 32.2. The molecule has 11 nitrogen and oxygen atoms in total. The van der Waals surface area contributed by atoms with Crippen molar-refractivity contribution in [2.75, 3.05) is 23.3 Å². The minimum atomic E-state index is -3.77. The fraction of sp³-hybridized carbons (Fsp3) is 0.440. The average molecular weight is 524 g/mol. The summed E-state index contributed by atoms with van der Waals surface area (Å²) in [5.74, 6) is 0.882. The van der Waals surface area contributed by atoms with Gasteiger partial charge in [-0.2, -0.15) is 13.4 Å². The van der Waals surface area contributed by atoms with Crippen molar-refractivity contribution in [1.29, 1.82) is 0 Å². The summed E-state index contributed by atoms with van der Waals surface area (Å²) in [6.07, 6.45) is 7.62. The number of hydrogen-bond acceptors (Lipinski definition) is 9. The molecule has 2 aromatic heterocycles. The Morgan fingerprint density at radius 3 is 2.49 bits per heavy atom.